The molecule has 1 aliphatic heterocycles. The quantitative estimate of drug-likeness (QED) is 0.411. The normalized spacial score (nSPS) is 15.1. The highest BCUT2D eigenvalue weighted by molar-refractivity contribution is 5.82. The lowest BCUT2D eigenvalue weighted by Gasteiger charge is -2.20. The zero-order valence-electron chi connectivity index (χ0n) is 18.4. The highest BCUT2D eigenvalue weighted by atomic mass is 16.5. The van der Waals surface area contributed by atoms with E-state index in [0.29, 0.717) is 18.4 Å². The molecular formula is C23H27N7O2. The first kappa shape index (κ1) is 20.7. The van der Waals surface area contributed by atoms with Crippen LogP contribution in [0.15, 0.2) is 36.8 Å². The van der Waals surface area contributed by atoms with Crippen LogP contribution in [0.25, 0.3) is 27.9 Å². The van der Waals surface area contributed by atoms with Gasteiger partial charge in [-0.2, -0.15) is 0 Å². The molecule has 0 radical (unpaired) electrons. The van der Waals surface area contributed by atoms with E-state index in [-0.39, 0.29) is 0 Å². The zero-order valence-corrected chi connectivity index (χ0v) is 18.4. The maximum atomic E-state index is 5.71. The van der Waals surface area contributed by atoms with Crippen molar-refractivity contribution < 1.29 is 9.47 Å². The predicted octanol–water partition coefficient (Wildman–Crippen LogP) is 2.96. The lowest BCUT2D eigenvalue weighted by atomic mass is 9.99. The van der Waals surface area contributed by atoms with Gasteiger partial charge in [-0.25, -0.2) is 9.97 Å². The molecule has 5 rings (SSSR count). The topological polar surface area (TPSA) is 90.6 Å². The molecule has 9 heteroatoms. The minimum atomic E-state index is 0.330. The van der Waals surface area contributed by atoms with Gasteiger partial charge in [0.2, 0.25) is 5.88 Å². The molecule has 3 aromatic heterocycles. The van der Waals surface area contributed by atoms with Crippen LogP contribution in [0, 0.1) is 0 Å². The maximum absolute atomic E-state index is 5.71. The Bertz CT molecular complexity index is 1200. The second-order valence-corrected chi connectivity index (χ2v) is 8.35. The standard InChI is InChI=1S/C23H27N7O2/c1-29(2)8-3-9-32-22-15-25-19(13-26-22)17-4-5-18-20(12-17)30-21(14-24-18)27-28-23(30)16-6-10-31-11-7-16/h4-5,12-16H,3,6-11H2,1-2H3. The molecule has 1 aromatic carbocycles. The zero-order chi connectivity index (χ0) is 21.9. The number of fused-ring (bicyclic) bond motifs is 3. The minimum absolute atomic E-state index is 0.330. The van der Waals surface area contributed by atoms with Gasteiger partial charge in [-0.3, -0.25) is 9.38 Å². The fraction of sp³-hybridized carbons (Fsp3) is 0.435. The van der Waals surface area contributed by atoms with Gasteiger partial charge in [0, 0.05) is 31.2 Å². The van der Waals surface area contributed by atoms with Gasteiger partial charge in [0.05, 0.1) is 41.9 Å². The number of benzene rings is 1. The number of hydrogen-bond acceptors (Lipinski definition) is 8. The van der Waals surface area contributed by atoms with Gasteiger partial charge in [-0.1, -0.05) is 6.07 Å². The van der Waals surface area contributed by atoms with Crippen molar-refractivity contribution in [1.82, 2.24) is 34.4 Å². The average Bonchev–Trinajstić information content (AvgIpc) is 3.27. The van der Waals surface area contributed by atoms with Gasteiger partial charge in [0.15, 0.2) is 5.65 Å². The van der Waals surface area contributed by atoms with Gasteiger partial charge >= 0.3 is 0 Å². The largest absolute Gasteiger partial charge is 0.477 e. The highest BCUT2D eigenvalue weighted by Gasteiger charge is 2.22. The smallest absolute Gasteiger partial charge is 0.232 e. The predicted molar refractivity (Wildman–Crippen MR) is 121 cm³/mol. The summed E-state index contributed by atoms with van der Waals surface area (Å²) in [6, 6.07) is 6.11. The molecule has 0 aliphatic carbocycles. The molecule has 32 heavy (non-hydrogen) atoms. The van der Waals surface area contributed by atoms with Crippen LogP contribution in [0.2, 0.25) is 0 Å². The van der Waals surface area contributed by atoms with Crippen LogP contribution in [0.4, 0.5) is 0 Å². The molecule has 0 unspecified atom stereocenters. The van der Waals surface area contributed by atoms with Gasteiger partial charge < -0.3 is 14.4 Å². The SMILES string of the molecule is CN(C)CCCOc1cnc(-c2ccc3ncc4nnc(C5CCOCC5)n4c3c2)cn1. The number of ether oxygens (including phenoxy) is 2. The van der Waals surface area contributed by atoms with Crippen LogP contribution >= 0.6 is 0 Å². The molecule has 0 atom stereocenters. The van der Waals surface area contributed by atoms with E-state index >= 15 is 0 Å². The summed E-state index contributed by atoms with van der Waals surface area (Å²) in [5, 5.41) is 8.87. The van der Waals surface area contributed by atoms with Crippen molar-refractivity contribution in [1.29, 1.82) is 0 Å². The molecule has 1 saturated heterocycles. The van der Waals surface area contributed by atoms with Crippen molar-refractivity contribution in [2.45, 2.75) is 25.2 Å². The van der Waals surface area contributed by atoms with E-state index in [0.717, 1.165) is 72.8 Å². The van der Waals surface area contributed by atoms with Crippen molar-refractivity contribution >= 4 is 16.7 Å². The van der Waals surface area contributed by atoms with Crippen LogP contribution in [-0.4, -0.2) is 74.9 Å². The van der Waals surface area contributed by atoms with E-state index in [1.54, 1.807) is 18.6 Å². The molecule has 0 N–H and O–H groups in total. The van der Waals surface area contributed by atoms with Gasteiger partial charge in [0.25, 0.3) is 0 Å². The monoisotopic (exact) mass is 433 g/mol. The second-order valence-electron chi connectivity index (χ2n) is 8.35. The van der Waals surface area contributed by atoms with Gasteiger partial charge in [-0.15, -0.1) is 10.2 Å². The molecule has 1 fully saturated rings. The summed E-state index contributed by atoms with van der Waals surface area (Å²) in [4.78, 5) is 15.7. The van der Waals surface area contributed by atoms with E-state index in [2.05, 4.69) is 40.5 Å². The second kappa shape index (κ2) is 9.13. The third-order valence-electron chi connectivity index (χ3n) is 5.76. The third kappa shape index (κ3) is 4.26. The van der Waals surface area contributed by atoms with Crippen molar-refractivity contribution in [3.8, 4) is 17.1 Å². The molecule has 0 amide bonds. The number of rotatable bonds is 7. The van der Waals surface area contributed by atoms with Crippen LogP contribution in [-0.2, 0) is 4.74 Å². The van der Waals surface area contributed by atoms with Crippen LogP contribution < -0.4 is 4.74 Å². The Morgan fingerprint density at radius 1 is 1.06 bits per heavy atom. The highest BCUT2D eigenvalue weighted by Crippen LogP contribution is 2.29. The van der Waals surface area contributed by atoms with Crippen LogP contribution in [0.1, 0.15) is 31.0 Å². The first-order valence-electron chi connectivity index (χ1n) is 11.0. The molecule has 0 bridgehead atoms. The Labute approximate surface area is 186 Å². The van der Waals surface area contributed by atoms with E-state index in [1.165, 1.54) is 0 Å². The van der Waals surface area contributed by atoms with Crippen molar-refractivity contribution in [3.05, 3.63) is 42.6 Å². The first-order valence-corrected chi connectivity index (χ1v) is 11.0. The number of hydrogen-bond donors (Lipinski definition) is 0. The Morgan fingerprint density at radius 3 is 2.72 bits per heavy atom. The Morgan fingerprint density at radius 2 is 1.94 bits per heavy atom. The Hall–Kier alpha value is -3.17. The minimum Gasteiger partial charge on any atom is -0.477 e. The summed E-state index contributed by atoms with van der Waals surface area (Å²) >= 11 is 0. The Kier molecular flexibility index (Phi) is 5.91. The molecule has 0 spiro atoms. The molecule has 4 heterocycles. The van der Waals surface area contributed by atoms with E-state index in [4.69, 9.17) is 9.47 Å². The molecule has 1 aliphatic rings. The molecule has 166 valence electrons. The maximum Gasteiger partial charge on any atom is 0.232 e. The number of nitrogens with zero attached hydrogens (tertiary/aromatic N) is 7. The van der Waals surface area contributed by atoms with Gasteiger partial charge in [0.1, 0.15) is 5.82 Å². The van der Waals surface area contributed by atoms with E-state index in [9.17, 15) is 0 Å². The first-order chi connectivity index (χ1) is 15.7. The summed E-state index contributed by atoms with van der Waals surface area (Å²) in [6.45, 7) is 3.11. The van der Waals surface area contributed by atoms with Crippen LogP contribution in [0.5, 0.6) is 5.88 Å². The lowest BCUT2D eigenvalue weighted by molar-refractivity contribution is 0.0834. The summed E-state index contributed by atoms with van der Waals surface area (Å²) < 4.78 is 13.4. The van der Waals surface area contributed by atoms with Crippen molar-refractivity contribution in [2.75, 3.05) is 40.5 Å². The van der Waals surface area contributed by atoms with Crippen molar-refractivity contribution in [3.63, 3.8) is 0 Å². The average molecular weight is 434 g/mol. The van der Waals surface area contributed by atoms with Gasteiger partial charge in [-0.05, 0) is 45.5 Å². The number of aromatic nitrogens is 6. The third-order valence-corrected chi connectivity index (χ3v) is 5.76. The fourth-order valence-electron chi connectivity index (χ4n) is 4.06. The van der Waals surface area contributed by atoms with E-state index < -0.39 is 0 Å². The lowest BCUT2D eigenvalue weighted by Crippen LogP contribution is -2.16. The summed E-state index contributed by atoms with van der Waals surface area (Å²) in [5.74, 6) is 1.84. The Balaban J connectivity index is 1.43. The molecule has 0 saturated carbocycles. The molecule has 4 aromatic rings. The van der Waals surface area contributed by atoms with E-state index in [1.807, 2.05) is 26.2 Å². The molecule has 9 nitrogen and oxygen atoms in total. The summed E-state index contributed by atoms with van der Waals surface area (Å²) in [6.07, 6.45) is 8.05. The summed E-state index contributed by atoms with van der Waals surface area (Å²) in [7, 11) is 4.10. The van der Waals surface area contributed by atoms with Crippen LogP contribution in [0.3, 0.4) is 0 Å². The van der Waals surface area contributed by atoms with Crippen molar-refractivity contribution in [2.24, 2.45) is 0 Å². The summed E-state index contributed by atoms with van der Waals surface area (Å²) in [5.41, 5.74) is 4.36. The fourth-order valence-corrected chi connectivity index (χ4v) is 4.06. The molecular weight excluding hydrogens is 406 g/mol.